The lowest BCUT2D eigenvalue weighted by Gasteiger charge is -2.15. The standard InChI is InChI=1S/C11H14BrNO2/c1-4-8-7-9(12)5-6-10(8)11(14)13(2)15-3/h5-7H,4H2,1-3H3. The number of aryl methyl sites for hydroxylation is 1. The molecule has 0 aliphatic heterocycles. The molecule has 0 saturated heterocycles. The maximum absolute atomic E-state index is 11.9. The molecule has 1 aromatic rings. The number of nitrogens with zero attached hydrogens (tertiary/aromatic N) is 1. The van der Waals surface area contributed by atoms with E-state index in [2.05, 4.69) is 15.9 Å². The molecular formula is C11H14BrNO2. The molecule has 0 aromatic heterocycles. The van der Waals surface area contributed by atoms with Crippen LogP contribution < -0.4 is 0 Å². The summed E-state index contributed by atoms with van der Waals surface area (Å²) in [6.07, 6.45) is 0.818. The van der Waals surface area contributed by atoms with Gasteiger partial charge in [-0.05, 0) is 30.2 Å². The first-order chi connectivity index (χ1) is 7.10. The summed E-state index contributed by atoms with van der Waals surface area (Å²) in [5, 5.41) is 1.22. The highest BCUT2D eigenvalue weighted by atomic mass is 79.9. The number of halogens is 1. The van der Waals surface area contributed by atoms with Gasteiger partial charge in [-0.1, -0.05) is 22.9 Å². The van der Waals surface area contributed by atoms with Crippen LogP contribution in [-0.4, -0.2) is 25.1 Å². The van der Waals surface area contributed by atoms with E-state index in [1.807, 2.05) is 19.1 Å². The van der Waals surface area contributed by atoms with E-state index in [0.717, 1.165) is 16.5 Å². The van der Waals surface area contributed by atoms with Crippen molar-refractivity contribution < 1.29 is 9.63 Å². The van der Waals surface area contributed by atoms with Crippen molar-refractivity contribution in [2.75, 3.05) is 14.2 Å². The van der Waals surface area contributed by atoms with Crippen LogP contribution in [0.5, 0.6) is 0 Å². The molecule has 15 heavy (non-hydrogen) atoms. The number of hydrogen-bond acceptors (Lipinski definition) is 2. The smallest absolute Gasteiger partial charge is 0.274 e. The van der Waals surface area contributed by atoms with Gasteiger partial charge in [0.15, 0.2) is 0 Å². The Hall–Kier alpha value is -0.870. The third-order valence-electron chi connectivity index (χ3n) is 2.24. The number of rotatable bonds is 3. The van der Waals surface area contributed by atoms with Crippen LogP contribution in [0.1, 0.15) is 22.8 Å². The van der Waals surface area contributed by atoms with Gasteiger partial charge in [0.25, 0.3) is 5.91 Å². The van der Waals surface area contributed by atoms with Gasteiger partial charge in [-0.15, -0.1) is 0 Å². The fraction of sp³-hybridized carbons (Fsp3) is 0.364. The zero-order chi connectivity index (χ0) is 11.4. The molecule has 3 nitrogen and oxygen atoms in total. The summed E-state index contributed by atoms with van der Waals surface area (Å²) in [6, 6.07) is 5.62. The van der Waals surface area contributed by atoms with E-state index in [1.54, 1.807) is 13.1 Å². The monoisotopic (exact) mass is 271 g/mol. The maximum atomic E-state index is 11.9. The summed E-state index contributed by atoms with van der Waals surface area (Å²) in [7, 11) is 3.08. The predicted molar refractivity (Wildman–Crippen MR) is 62.6 cm³/mol. The van der Waals surface area contributed by atoms with Gasteiger partial charge in [-0.3, -0.25) is 9.63 Å². The van der Waals surface area contributed by atoms with E-state index >= 15 is 0 Å². The second kappa shape index (κ2) is 5.28. The van der Waals surface area contributed by atoms with Gasteiger partial charge in [0.05, 0.1) is 7.11 Å². The number of carbonyl (C=O) groups is 1. The first-order valence-corrected chi connectivity index (χ1v) is 5.50. The Bertz CT molecular complexity index is 366. The number of benzene rings is 1. The van der Waals surface area contributed by atoms with Crippen LogP contribution in [0, 0.1) is 0 Å². The van der Waals surface area contributed by atoms with Crippen molar-refractivity contribution in [2.24, 2.45) is 0 Å². The molecule has 0 unspecified atom stereocenters. The summed E-state index contributed by atoms with van der Waals surface area (Å²) in [5.41, 5.74) is 1.70. The third kappa shape index (κ3) is 2.79. The van der Waals surface area contributed by atoms with Gasteiger partial charge in [-0.2, -0.15) is 0 Å². The number of hydroxylamine groups is 2. The first kappa shape index (κ1) is 12.2. The molecule has 4 heteroatoms. The Kier molecular flexibility index (Phi) is 4.29. The largest absolute Gasteiger partial charge is 0.277 e. The second-order valence-electron chi connectivity index (χ2n) is 3.14. The molecule has 0 heterocycles. The van der Waals surface area contributed by atoms with Crippen molar-refractivity contribution in [3.63, 3.8) is 0 Å². The highest BCUT2D eigenvalue weighted by Gasteiger charge is 2.14. The van der Waals surface area contributed by atoms with Gasteiger partial charge >= 0.3 is 0 Å². The molecule has 0 radical (unpaired) electrons. The van der Waals surface area contributed by atoms with Crippen molar-refractivity contribution >= 4 is 21.8 Å². The molecule has 0 atom stereocenters. The Labute approximate surface area is 98.1 Å². The van der Waals surface area contributed by atoms with Crippen LogP contribution >= 0.6 is 15.9 Å². The summed E-state index contributed by atoms with van der Waals surface area (Å²) >= 11 is 3.38. The highest BCUT2D eigenvalue weighted by Crippen LogP contribution is 2.18. The average Bonchev–Trinajstić information content (AvgIpc) is 2.26. The van der Waals surface area contributed by atoms with Crippen LogP contribution in [0.25, 0.3) is 0 Å². The van der Waals surface area contributed by atoms with Crippen LogP contribution in [0.3, 0.4) is 0 Å². The topological polar surface area (TPSA) is 29.5 Å². The summed E-state index contributed by atoms with van der Waals surface area (Å²) < 4.78 is 0.982. The molecule has 0 fully saturated rings. The highest BCUT2D eigenvalue weighted by molar-refractivity contribution is 9.10. The fourth-order valence-corrected chi connectivity index (χ4v) is 1.72. The zero-order valence-corrected chi connectivity index (χ0v) is 10.7. The fourth-order valence-electron chi connectivity index (χ4n) is 1.32. The van der Waals surface area contributed by atoms with Gasteiger partial charge in [0.2, 0.25) is 0 Å². The molecule has 0 spiro atoms. The molecule has 0 aliphatic rings. The van der Waals surface area contributed by atoms with Crippen LogP contribution in [0.15, 0.2) is 22.7 Å². The Morgan fingerprint density at radius 1 is 1.53 bits per heavy atom. The van der Waals surface area contributed by atoms with E-state index in [4.69, 9.17) is 4.84 Å². The quantitative estimate of drug-likeness (QED) is 0.792. The van der Waals surface area contributed by atoms with E-state index in [1.165, 1.54) is 12.2 Å². The molecule has 1 rings (SSSR count). The van der Waals surface area contributed by atoms with Crippen molar-refractivity contribution in [1.29, 1.82) is 0 Å². The average molecular weight is 272 g/mol. The van der Waals surface area contributed by atoms with Crippen molar-refractivity contribution in [1.82, 2.24) is 5.06 Å². The summed E-state index contributed by atoms with van der Waals surface area (Å²) in [5.74, 6) is -0.123. The predicted octanol–water partition coefficient (Wildman–Crippen LogP) is 2.64. The molecule has 0 aliphatic carbocycles. The normalized spacial score (nSPS) is 10.1. The van der Waals surface area contributed by atoms with E-state index in [0.29, 0.717) is 5.56 Å². The van der Waals surface area contributed by atoms with E-state index in [-0.39, 0.29) is 5.91 Å². The van der Waals surface area contributed by atoms with E-state index < -0.39 is 0 Å². The lowest BCUT2D eigenvalue weighted by atomic mass is 10.0. The van der Waals surface area contributed by atoms with Gasteiger partial charge in [-0.25, -0.2) is 5.06 Å². The Balaban J connectivity index is 3.08. The lowest BCUT2D eigenvalue weighted by Crippen LogP contribution is -2.26. The first-order valence-electron chi connectivity index (χ1n) is 4.70. The number of amides is 1. The lowest BCUT2D eigenvalue weighted by molar-refractivity contribution is -0.0757. The zero-order valence-electron chi connectivity index (χ0n) is 9.08. The minimum absolute atomic E-state index is 0.123. The molecule has 0 N–H and O–H groups in total. The van der Waals surface area contributed by atoms with Crippen LogP contribution in [0.2, 0.25) is 0 Å². The van der Waals surface area contributed by atoms with Crippen LogP contribution in [0.4, 0.5) is 0 Å². The molecule has 1 aromatic carbocycles. The Morgan fingerprint density at radius 2 is 2.20 bits per heavy atom. The minimum Gasteiger partial charge on any atom is -0.274 e. The summed E-state index contributed by atoms with van der Waals surface area (Å²) in [6.45, 7) is 2.02. The molecule has 82 valence electrons. The van der Waals surface area contributed by atoms with Crippen molar-refractivity contribution in [2.45, 2.75) is 13.3 Å². The minimum atomic E-state index is -0.123. The number of carbonyl (C=O) groups excluding carboxylic acids is 1. The van der Waals surface area contributed by atoms with Gasteiger partial charge < -0.3 is 0 Å². The maximum Gasteiger partial charge on any atom is 0.277 e. The van der Waals surface area contributed by atoms with Crippen molar-refractivity contribution in [3.8, 4) is 0 Å². The molecular weight excluding hydrogens is 258 g/mol. The second-order valence-corrected chi connectivity index (χ2v) is 4.06. The van der Waals surface area contributed by atoms with Gasteiger partial charge in [0, 0.05) is 17.1 Å². The third-order valence-corrected chi connectivity index (χ3v) is 2.73. The number of hydrogen-bond donors (Lipinski definition) is 0. The Morgan fingerprint density at radius 3 is 2.73 bits per heavy atom. The van der Waals surface area contributed by atoms with Crippen molar-refractivity contribution in [3.05, 3.63) is 33.8 Å². The molecule has 0 saturated carbocycles. The molecule has 1 amide bonds. The summed E-state index contributed by atoms with van der Waals surface area (Å²) in [4.78, 5) is 16.7. The van der Waals surface area contributed by atoms with E-state index in [9.17, 15) is 4.79 Å². The SMILES string of the molecule is CCc1cc(Br)ccc1C(=O)N(C)OC. The van der Waals surface area contributed by atoms with Gasteiger partial charge in [0.1, 0.15) is 0 Å². The van der Waals surface area contributed by atoms with Crippen LogP contribution in [-0.2, 0) is 11.3 Å². The molecule has 0 bridgehead atoms.